The Morgan fingerprint density at radius 3 is 2.40 bits per heavy atom. The number of nitrogens with zero attached hydrogens (tertiary/aromatic N) is 1. The number of nitrogens with one attached hydrogen (secondary N) is 1. The largest absolute Gasteiger partial charge is 0.359 e. The summed E-state index contributed by atoms with van der Waals surface area (Å²) in [6, 6.07) is 5.56. The SMILES string of the molecule is CNC(=O)CCCN(c1ccc(C)c(C)c1)S(C)(=O)=O. The third kappa shape index (κ3) is 4.52. The lowest BCUT2D eigenvalue weighted by atomic mass is 10.1. The minimum Gasteiger partial charge on any atom is -0.359 e. The lowest BCUT2D eigenvalue weighted by Crippen LogP contribution is -2.31. The molecule has 0 aliphatic carbocycles. The van der Waals surface area contributed by atoms with Crippen molar-refractivity contribution in [2.75, 3.05) is 24.2 Å². The van der Waals surface area contributed by atoms with Gasteiger partial charge in [-0.15, -0.1) is 0 Å². The van der Waals surface area contributed by atoms with E-state index in [1.54, 1.807) is 13.1 Å². The van der Waals surface area contributed by atoms with E-state index in [2.05, 4.69) is 5.32 Å². The van der Waals surface area contributed by atoms with E-state index in [1.165, 1.54) is 10.6 Å². The fourth-order valence-electron chi connectivity index (χ4n) is 1.88. The minimum atomic E-state index is -3.35. The first-order chi connectivity index (χ1) is 9.25. The van der Waals surface area contributed by atoms with Gasteiger partial charge < -0.3 is 5.32 Å². The van der Waals surface area contributed by atoms with Gasteiger partial charge >= 0.3 is 0 Å². The van der Waals surface area contributed by atoms with Gasteiger partial charge in [-0.3, -0.25) is 9.10 Å². The Labute approximate surface area is 121 Å². The monoisotopic (exact) mass is 298 g/mol. The Hall–Kier alpha value is -1.56. The van der Waals surface area contributed by atoms with Gasteiger partial charge in [0.05, 0.1) is 11.9 Å². The Morgan fingerprint density at radius 1 is 1.25 bits per heavy atom. The number of amides is 1. The molecule has 1 rings (SSSR count). The van der Waals surface area contributed by atoms with Crippen molar-refractivity contribution in [1.29, 1.82) is 0 Å². The summed E-state index contributed by atoms with van der Waals surface area (Å²) in [4.78, 5) is 11.2. The molecule has 0 aliphatic heterocycles. The van der Waals surface area contributed by atoms with Crippen molar-refractivity contribution in [2.24, 2.45) is 0 Å². The van der Waals surface area contributed by atoms with E-state index in [0.717, 1.165) is 11.1 Å². The molecule has 0 aromatic heterocycles. The summed E-state index contributed by atoms with van der Waals surface area (Å²) in [5.74, 6) is -0.0847. The first kappa shape index (κ1) is 16.5. The molecule has 1 aromatic rings. The summed E-state index contributed by atoms with van der Waals surface area (Å²) in [7, 11) is -1.78. The van der Waals surface area contributed by atoms with E-state index < -0.39 is 10.0 Å². The summed E-state index contributed by atoms with van der Waals surface area (Å²) in [5, 5.41) is 2.53. The fraction of sp³-hybridized carbons (Fsp3) is 0.500. The molecule has 0 fully saturated rings. The molecular formula is C14H22N2O3S. The number of rotatable bonds is 6. The number of hydrogen-bond donors (Lipinski definition) is 1. The maximum absolute atomic E-state index is 11.9. The van der Waals surface area contributed by atoms with E-state index in [-0.39, 0.29) is 5.91 Å². The zero-order valence-corrected chi connectivity index (χ0v) is 13.3. The van der Waals surface area contributed by atoms with Crippen molar-refractivity contribution in [3.8, 4) is 0 Å². The maximum Gasteiger partial charge on any atom is 0.232 e. The lowest BCUT2D eigenvalue weighted by molar-refractivity contribution is -0.120. The van der Waals surface area contributed by atoms with Crippen LogP contribution in [-0.2, 0) is 14.8 Å². The second kappa shape index (κ2) is 6.74. The van der Waals surface area contributed by atoms with Crippen LogP contribution in [0, 0.1) is 13.8 Å². The Morgan fingerprint density at radius 2 is 1.90 bits per heavy atom. The van der Waals surface area contributed by atoms with Crippen LogP contribution in [0.5, 0.6) is 0 Å². The topological polar surface area (TPSA) is 66.5 Å². The molecule has 0 saturated heterocycles. The summed E-state index contributed by atoms with van der Waals surface area (Å²) in [6.07, 6.45) is 1.98. The zero-order chi connectivity index (χ0) is 15.3. The van der Waals surface area contributed by atoms with E-state index in [0.29, 0.717) is 25.1 Å². The normalized spacial score (nSPS) is 11.2. The molecule has 20 heavy (non-hydrogen) atoms. The minimum absolute atomic E-state index is 0.0847. The predicted molar refractivity (Wildman–Crippen MR) is 81.4 cm³/mol. The average Bonchev–Trinajstić information content (AvgIpc) is 2.36. The smallest absolute Gasteiger partial charge is 0.232 e. The maximum atomic E-state index is 11.9. The van der Waals surface area contributed by atoms with Gasteiger partial charge in [0, 0.05) is 20.0 Å². The third-order valence-electron chi connectivity index (χ3n) is 3.22. The van der Waals surface area contributed by atoms with Crippen LogP contribution in [0.15, 0.2) is 18.2 Å². The molecule has 0 unspecified atom stereocenters. The molecule has 0 saturated carbocycles. The highest BCUT2D eigenvalue weighted by atomic mass is 32.2. The molecule has 1 N–H and O–H groups in total. The van der Waals surface area contributed by atoms with Crippen LogP contribution in [0.2, 0.25) is 0 Å². The Bertz CT molecular complexity index is 582. The standard InChI is InChI=1S/C14H22N2O3S/c1-11-7-8-13(10-12(11)2)16(20(4,18)19)9-5-6-14(17)15-3/h7-8,10H,5-6,9H2,1-4H3,(H,15,17). The van der Waals surface area contributed by atoms with E-state index in [4.69, 9.17) is 0 Å². The van der Waals surface area contributed by atoms with Crippen molar-refractivity contribution in [3.63, 3.8) is 0 Å². The van der Waals surface area contributed by atoms with E-state index >= 15 is 0 Å². The highest BCUT2D eigenvalue weighted by molar-refractivity contribution is 7.92. The van der Waals surface area contributed by atoms with E-state index in [9.17, 15) is 13.2 Å². The van der Waals surface area contributed by atoms with Gasteiger partial charge in [0.25, 0.3) is 0 Å². The van der Waals surface area contributed by atoms with Crippen molar-refractivity contribution >= 4 is 21.6 Å². The highest BCUT2D eigenvalue weighted by Crippen LogP contribution is 2.21. The molecule has 0 atom stereocenters. The number of benzene rings is 1. The fourth-order valence-corrected chi connectivity index (χ4v) is 2.83. The predicted octanol–water partition coefficient (Wildman–Crippen LogP) is 1.60. The van der Waals surface area contributed by atoms with Crippen LogP contribution in [-0.4, -0.2) is 34.2 Å². The van der Waals surface area contributed by atoms with Crippen molar-refractivity contribution in [1.82, 2.24) is 5.32 Å². The van der Waals surface area contributed by atoms with Gasteiger partial charge in [-0.05, 0) is 43.5 Å². The number of carbonyl (C=O) groups is 1. The van der Waals surface area contributed by atoms with Crippen LogP contribution in [0.4, 0.5) is 5.69 Å². The molecular weight excluding hydrogens is 276 g/mol. The number of hydrogen-bond acceptors (Lipinski definition) is 3. The molecule has 0 aliphatic rings. The van der Waals surface area contributed by atoms with Crippen molar-refractivity contribution in [3.05, 3.63) is 29.3 Å². The number of anilines is 1. The number of sulfonamides is 1. The van der Waals surface area contributed by atoms with Crippen LogP contribution >= 0.6 is 0 Å². The first-order valence-electron chi connectivity index (χ1n) is 6.51. The first-order valence-corrected chi connectivity index (χ1v) is 8.36. The van der Waals surface area contributed by atoms with Crippen LogP contribution in [0.25, 0.3) is 0 Å². The molecule has 5 nitrogen and oxygen atoms in total. The van der Waals surface area contributed by atoms with E-state index in [1.807, 2.05) is 26.0 Å². The molecule has 6 heteroatoms. The van der Waals surface area contributed by atoms with Crippen LogP contribution in [0.3, 0.4) is 0 Å². The molecule has 112 valence electrons. The van der Waals surface area contributed by atoms with Crippen molar-refractivity contribution in [2.45, 2.75) is 26.7 Å². The summed E-state index contributed by atoms with van der Waals surface area (Å²) in [5.41, 5.74) is 2.81. The second-order valence-corrected chi connectivity index (χ2v) is 6.79. The molecule has 0 radical (unpaired) electrons. The molecule has 0 bridgehead atoms. The summed E-state index contributed by atoms with van der Waals surface area (Å²) in [6.45, 7) is 4.23. The second-order valence-electron chi connectivity index (χ2n) is 4.88. The molecule has 0 heterocycles. The molecule has 0 spiro atoms. The Kier molecular flexibility index (Phi) is 5.56. The van der Waals surface area contributed by atoms with Gasteiger partial charge in [-0.25, -0.2) is 8.42 Å². The molecule has 1 aromatic carbocycles. The summed E-state index contributed by atoms with van der Waals surface area (Å²) >= 11 is 0. The summed E-state index contributed by atoms with van der Waals surface area (Å²) < 4.78 is 25.1. The van der Waals surface area contributed by atoms with Gasteiger partial charge in [0.1, 0.15) is 0 Å². The number of aryl methyl sites for hydroxylation is 2. The van der Waals surface area contributed by atoms with Gasteiger partial charge in [0.15, 0.2) is 0 Å². The number of carbonyl (C=O) groups excluding carboxylic acids is 1. The van der Waals surface area contributed by atoms with Crippen molar-refractivity contribution < 1.29 is 13.2 Å². The van der Waals surface area contributed by atoms with Crippen LogP contribution < -0.4 is 9.62 Å². The zero-order valence-electron chi connectivity index (χ0n) is 12.4. The van der Waals surface area contributed by atoms with Gasteiger partial charge in [0.2, 0.25) is 15.9 Å². The Balaban J connectivity index is 2.90. The third-order valence-corrected chi connectivity index (χ3v) is 4.42. The van der Waals surface area contributed by atoms with Crippen LogP contribution in [0.1, 0.15) is 24.0 Å². The van der Waals surface area contributed by atoms with Gasteiger partial charge in [-0.2, -0.15) is 0 Å². The highest BCUT2D eigenvalue weighted by Gasteiger charge is 2.17. The quantitative estimate of drug-likeness (QED) is 0.867. The lowest BCUT2D eigenvalue weighted by Gasteiger charge is -2.23. The average molecular weight is 298 g/mol. The van der Waals surface area contributed by atoms with Gasteiger partial charge in [-0.1, -0.05) is 6.07 Å². The molecule has 1 amide bonds.